The Kier molecular flexibility index (Phi) is 21.5. The van der Waals surface area contributed by atoms with Crippen LogP contribution in [0.4, 0.5) is 8.78 Å². The second-order valence-electron chi connectivity index (χ2n) is 34.9. The summed E-state index contributed by atoms with van der Waals surface area (Å²) in [5, 5.41) is 7.73. The van der Waals surface area contributed by atoms with Gasteiger partial charge in [-0.1, -0.05) is 290 Å². The number of nitrogens with zero attached hydrogens (tertiary/aromatic N) is 8. The Labute approximate surface area is 766 Å². The molecule has 0 spiro atoms. The molecule has 0 bridgehead atoms. The number of halogens is 2. The highest BCUT2D eigenvalue weighted by atomic mass is 19.1. The standard InChI is InChI=1S/C34H29N2.C33H26FN2.C28H23N2.C27H20FN2/c1-24-17-19-26(20-18-24)28-21-22-32-33(23-28)35(3)34(29-14-8-7-11-25(29)2)36(32)31-16-10-9-15-30(31)27-12-5-4-6-13-27;1-23-10-6-7-13-28(23)33-35(2)31-21-18-26(24-16-19-27(34)20-17-24)22-32(31)36(33)30-15-9-8-14-29(30)25-11-4-3-5-12-25;1-18-11-13-20(14-12-18)21-15-16-25-26(17-21)29(3)28-27-19(2)7-6-9-23(27)22-8-4-5-10-24(22)30(25)28;1-17-6-5-8-22-21-7-3-4-9-23(21)30-25-16-19(18-10-13-20(28)14-11-18)12-15-24(25)29(2)27(30)26(17)22/h4-23H,1-3H3;3-22H,1-2H3;4-17H,1-3H3;3-16H,1-2H3/q4*+1. The molecule has 0 saturated carbocycles. The smallest absolute Gasteiger partial charge is 0.225 e. The first-order valence-electron chi connectivity index (χ1n) is 45.2. The van der Waals surface area contributed by atoms with Crippen LogP contribution in [0.15, 0.2) is 413 Å². The third kappa shape index (κ3) is 14.7. The van der Waals surface area contributed by atoms with Crippen LogP contribution in [0.1, 0.15) is 33.4 Å². The summed E-state index contributed by atoms with van der Waals surface area (Å²) in [5.41, 5.74) is 40.5. The number of aromatic nitrogens is 8. The highest BCUT2D eigenvalue weighted by molar-refractivity contribution is 6.14. The monoisotopic (exact) mass is 1710 g/mol. The summed E-state index contributed by atoms with van der Waals surface area (Å²) in [7, 11) is 8.64. The predicted molar refractivity (Wildman–Crippen MR) is 543 cm³/mol. The third-order valence-electron chi connectivity index (χ3n) is 26.6. The number of hydrogen-bond acceptors (Lipinski definition) is 0. The van der Waals surface area contributed by atoms with Crippen molar-refractivity contribution in [2.24, 2.45) is 28.2 Å². The van der Waals surface area contributed by atoms with E-state index >= 15 is 0 Å². The molecule has 0 atom stereocenters. The normalized spacial score (nSPS) is 11.5. The fraction of sp³-hybridized carbons (Fsp3) is 0.0820. The minimum absolute atomic E-state index is 0.215. The van der Waals surface area contributed by atoms with Crippen molar-refractivity contribution in [1.29, 1.82) is 0 Å². The lowest BCUT2D eigenvalue weighted by Gasteiger charge is -2.11. The molecule has 0 saturated heterocycles. The van der Waals surface area contributed by atoms with E-state index in [0.717, 1.165) is 55.9 Å². The van der Waals surface area contributed by atoms with Crippen molar-refractivity contribution in [1.82, 2.24) is 18.1 Å². The zero-order chi connectivity index (χ0) is 90.1. The fourth-order valence-electron chi connectivity index (χ4n) is 20.0. The second-order valence-corrected chi connectivity index (χ2v) is 34.9. The van der Waals surface area contributed by atoms with Gasteiger partial charge in [0.25, 0.3) is 22.9 Å². The first-order chi connectivity index (χ1) is 64.5. The van der Waals surface area contributed by atoms with Crippen LogP contribution in [0.3, 0.4) is 0 Å². The number of benzene rings is 18. The van der Waals surface area contributed by atoms with E-state index in [1.807, 2.05) is 30.3 Å². The van der Waals surface area contributed by atoms with E-state index in [9.17, 15) is 8.78 Å². The summed E-state index contributed by atoms with van der Waals surface area (Å²) >= 11 is 0. The summed E-state index contributed by atoms with van der Waals surface area (Å²) in [6.45, 7) is 13.0. The maximum atomic E-state index is 13.6. The first kappa shape index (κ1) is 82.7. The van der Waals surface area contributed by atoms with Crippen LogP contribution in [0.2, 0.25) is 0 Å². The van der Waals surface area contributed by atoms with Crippen molar-refractivity contribution in [3.8, 4) is 101 Å². The van der Waals surface area contributed by atoms with E-state index in [1.165, 1.54) is 201 Å². The quantitative estimate of drug-likeness (QED) is 0.0966. The van der Waals surface area contributed by atoms with Crippen LogP contribution in [0.25, 0.3) is 200 Å². The van der Waals surface area contributed by atoms with Crippen LogP contribution < -0.4 is 18.1 Å². The highest BCUT2D eigenvalue weighted by Crippen LogP contribution is 2.41. The lowest BCUT2D eigenvalue weighted by atomic mass is 10.0. The molecular formula is C122H98F2N8+4. The number of fused-ring (bicyclic) bond motifs is 18. The Hall–Kier alpha value is -16.3. The van der Waals surface area contributed by atoms with Crippen LogP contribution in [-0.2, 0) is 28.2 Å². The minimum atomic E-state index is -0.228. The molecule has 0 aliphatic carbocycles. The van der Waals surface area contributed by atoms with Crippen LogP contribution in [-0.4, -0.2) is 18.1 Å². The van der Waals surface area contributed by atoms with Gasteiger partial charge >= 0.3 is 0 Å². The Morgan fingerprint density at radius 2 is 0.636 bits per heavy atom. The summed E-state index contributed by atoms with van der Waals surface area (Å²) in [4.78, 5) is 0. The second kappa shape index (κ2) is 34.4. The van der Waals surface area contributed by atoms with Gasteiger partial charge in [-0.3, -0.25) is 0 Å². The molecule has 0 aliphatic heterocycles. The van der Waals surface area contributed by atoms with Crippen molar-refractivity contribution >= 4 is 98.8 Å². The zero-order valence-corrected chi connectivity index (χ0v) is 75.6. The number of rotatable bonds is 10. The van der Waals surface area contributed by atoms with Crippen LogP contribution >= 0.6 is 0 Å². The molecular weight excluding hydrogens is 1620 g/mol. The number of aryl methyl sites for hydroxylation is 10. The molecule has 6 heterocycles. The third-order valence-corrected chi connectivity index (χ3v) is 26.6. The Balaban J connectivity index is 0.000000106. The van der Waals surface area contributed by atoms with Crippen LogP contribution in [0, 0.1) is 53.2 Å². The minimum Gasteiger partial charge on any atom is -0.225 e. The Bertz CT molecular complexity index is 8530. The summed E-state index contributed by atoms with van der Waals surface area (Å²) in [5.74, 6) is 1.84. The topological polar surface area (TPSA) is 34.9 Å². The fourth-order valence-corrected chi connectivity index (χ4v) is 20.0. The molecule has 24 rings (SSSR count). The molecule has 636 valence electrons. The molecule has 0 unspecified atom stereocenters. The molecule has 0 radical (unpaired) electrons. The van der Waals surface area contributed by atoms with Crippen molar-refractivity contribution in [3.05, 3.63) is 458 Å². The van der Waals surface area contributed by atoms with E-state index in [0.29, 0.717) is 0 Å². The van der Waals surface area contributed by atoms with Gasteiger partial charge in [-0.15, -0.1) is 0 Å². The van der Waals surface area contributed by atoms with E-state index in [1.54, 1.807) is 0 Å². The number of pyridine rings is 2. The largest absolute Gasteiger partial charge is 0.295 e. The molecule has 6 aromatic heterocycles. The molecule has 18 aromatic carbocycles. The molecule has 8 nitrogen and oxygen atoms in total. The molecule has 0 aliphatic rings. The lowest BCUT2D eigenvalue weighted by Crippen LogP contribution is -2.33. The molecule has 0 fully saturated rings. The Morgan fingerprint density at radius 3 is 1.20 bits per heavy atom. The average molecular weight is 1710 g/mol. The average Bonchev–Trinajstić information content (AvgIpc) is 1.54. The molecule has 0 N–H and O–H groups in total. The van der Waals surface area contributed by atoms with E-state index < -0.39 is 0 Å². The highest BCUT2D eigenvalue weighted by Gasteiger charge is 2.33. The molecule has 10 heteroatoms. The summed E-state index contributed by atoms with van der Waals surface area (Å²) in [6, 6.07) is 144. The van der Waals surface area contributed by atoms with Crippen LogP contribution in [0.5, 0.6) is 0 Å². The maximum Gasteiger partial charge on any atom is 0.295 e. The van der Waals surface area contributed by atoms with Gasteiger partial charge in [0, 0.05) is 32.7 Å². The van der Waals surface area contributed by atoms with Gasteiger partial charge < -0.3 is 0 Å². The van der Waals surface area contributed by atoms with Gasteiger partial charge in [0.2, 0.25) is 0 Å². The maximum absolute atomic E-state index is 13.6. The molecule has 132 heavy (non-hydrogen) atoms. The lowest BCUT2D eigenvalue weighted by molar-refractivity contribution is -0.633. The number of para-hydroxylation sites is 4. The van der Waals surface area contributed by atoms with Crippen molar-refractivity contribution < 1.29 is 26.9 Å². The predicted octanol–water partition coefficient (Wildman–Crippen LogP) is 28.8. The van der Waals surface area contributed by atoms with E-state index in [2.05, 4.69) is 464 Å². The van der Waals surface area contributed by atoms with Gasteiger partial charge in [-0.25, -0.2) is 27.0 Å². The molecule has 24 aromatic rings. The van der Waals surface area contributed by atoms with Gasteiger partial charge in [0.15, 0.2) is 44.1 Å². The number of hydrogen-bond donors (Lipinski definition) is 0. The summed E-state index contributed by atoms with van der Waals surface area (Å²) in [6.07, 6.45) is 0. The van der Waals surface area contributed by atoms with Crippen molar-refractivity contribution in [2.45, 2.75) is 41.5 Å². The van der Waals surface area contributed by atoms with E-state index in [4.69, 9.17) is 0 Å². The van der Waals surface area contributed by atoms with Gasteiger partial charge in [-0.05, 0) is 253 Å². The van der Waals surface area contributed by atoms with Gasteiger partial charge in [0.05, 0.1) is 50.1 Å². The molecule has 0 amide bonds. The zero-order valence-electron chi connectivity index (χ0n) is 75.6. The summed E-state index contributed by atoms with van der Waals surface area (Å²) < 4.78 is 45.9. The first-order valence-corrected chi connectivity index (χ1v) is 45.2. The Morgan fingerprint density at radius 1 is 0.242 bits per heavy atom. The van der Waals surface area contributed by atoms with Crippen molar-refractivity contribution in [3.63, 3.8) is 0 Å². The SMILES string of the molecule is Cc1ccc(-c2ccc3c(c2)n(C)c(-c2ccccc2C)[n+]3-c2ccccc2-c2ccccc2)cc1.Cc1ccc(-c2ccc3c(c2)n(C)c2c4c(C)cccc4c4ccccc4[n+]32)cc1.Cc1cccc2c3ccccc3n3c4cc(-c5ccc(F)cc5)ccc4[n+](C)c3c12.Cc1ccccc1-c1n(-c2ccccc2-c2ccccc2)c2cc(-c3ccc(F)cc3)ccc2[n+]1C. The number of imidazole rings is 4. The van der Waals surface area contributed by atoms with Gasteiger partial charge in [-0.2, -0.15) is 17.9 Å². The van der Waals surface area contributed by atoms with E-state index in [-0.39, 0.29) is 11.6 Å². The van der Waals surface area contributed by atoms with Crippen molar-refractivity contribution in [2.75, 3.05) is 0 Å². The van der Waals surface area contributed by atoms with Gasteiger partial charge in [0.1, 0.15) is 34.0 Å².